The van der Waals surface area contributed by atoms with E-state index in [9.17, 15) is 14.4 Å². The van der Waals surface area contributed by atoms with Crippen molar-refractivity contribution in [2.24, 2.45) is 0 Å². The molecule has 7 nitrogen and oxygen atoms in total. The first-order valence-electron chi connectivity index (χ1n) is 9.44. The highest BCUT2D eigenvalue weighted by Gasteiger charge is 2.36. The SMILES string of the molecule is CCOc1c(Br)cc(/C=C2\SC(=O)N(CC(=O)Nc3cccc(C)c3)C2=O)cc1OC. The molecule has 31 heavy (non-hydrogen) atoms. The van der Waals surface area contributed by atoms with E-state index in [0.29, 0.717) is 33.8 Å². The summed E-state index contributed by atoms with van der Waals surface area (Å²) in [7, 11) is 1.52. The van der Waals surface area contributed by atoms with Gasteiger partial charge in [0, 0.05) is 5.69 Å². The Balaban J connectivity index is 1.76. The number of ether oxygens (including phenoxy) is 2. The number of methoxy groups -OCH3 is 1. The molecular formula is C22H21BrN2O5S. The van der Waals surface area contributed by atoms with E-state index in [-0.39, 0.29) is 11.4 Å². The fourth-order valence-corrected chi connectivity index (χ4v) is 4.37. The van der Waals surface area contributed by atoms with Crippen LogP contribution in [0, 0.1) is 6.92 Å². The summed E-state index contributed by atoms with van der Waals surface area (Å²) in [5.41, 5.74) is 2.25. The number of benzene rings is 2. The second-order valence-electron chi connectivity index (χ2n) is 6.65. The summed E-state index contributed by atoms with van der Waals surface area (Å²) in [5, 5.41) is 2.21. The first kappa shape index (κ1) is 22.9. The third kappa shape index (κ3) is 5.48. The Labute approximate surface area is 192 Å². The number of hydrogen-bond acceptors (Lipinski definition) is 6. The van der Waals surface area contributed by atoms with E-state index in [1.807, 2.05) is 32.0 Å². The molecular weight excluding hydrogens is 484 g/mol. The van der Waals surface area contributed by atoms with Crippen LogP contribution in [0.3, 0.4) is 0 Å². The highest BCUT2D eigenvalue weighted by molar-refractivity contribution is 9.10. The third-order valence-electron chi connectivity index (χ3n) is 4.32. The van der Waals surface area contributed by atoms with Gasteiger partial charge in [-0.1, -0.05) is 12.1 Å². The van der Waals surface area contributed by atoms with Crippen molar-refractivity contribution >= 4 is 56.5 Å². The van der Waals surface area contributed by atoms with Crippen molar-refractivity contribution in [3.63, 3.8) is 0 Å². The molecule has 3 rings (SSSR count). The fourth-order valence-electron chi connectivity index (χ4n) is 2.96. The molecule has 0 saturated carbocycles. The molecule has 1 saturated heterocycles. The number of rotatable bonds is 7. The molecule has 0 atom stereocenters. The third-order valence-corrected chi connectivity index (χ3v) is 5.81. The molecule has 9 heteroatoms. The minimum absolute atomic E-state index is 0.228. The van der Waals surface area contributed by atoms with E-state index < -0.39 is 17.1 Å². The number of nitrogens with one attached hydrogen (secondary N) is 1. The van der Waals surface area contributed by atoms with Crippen LogP contribution in [0.4, 0.5) is 10.5 Å². The number of aryl methyl sites for hydroxylation is 1. The van der Waals surface area contributed by atoms with Crippen molar-refractivity contribution in [3.8, 4) is 11.5 Å². The molecule has 0 unspecified atom stereocenters. The van der Waals surface area contributed by atoms with Gasteiger partial charge in [0.25, 0.3) is 11.1 Å². The minimum Gasteiger partial charge on any atom is -0.493 e. The molecule has 1 fully saturated rings. The van der Waals surface area contributed by atoms with Gasteiger partial charge in [-0.2, -0.15) is 0 Å². The molecule has 1 aliphatic heterocycles. The first-order chi connectivity index (χ1) is 14.8. The van der Waals surface area contributed by atoms with Gasteiger partial charge in [-0.15, -0.1) is 0 Å². The molecule has 2 aromatic carbocycles. The van der Waals surface area contributed by atoms with E-state index in [4.69, 9.17) is 9.47 Å². The van der Waals surface area contributed by atoms with Gasteiger partial charge < -0.3 is 14.8 Å². The summed E-state index contributed by atoms with van der Waals surface area (Å²) in [4.78, 5) is 38.6. The minimum atomic E-state index is -0.515. The number of carbonyl (C=O) groups excluding carboxylic acids is 3. The lowest BCUT2D eigenvalue weighted by Gasteiger charge is -2.13. The smallest absolute Gasteiger partial charge is 0.294 e. The molecule has 3 amide bonds. The van der Waals surface area contributed by atoms with E-state index in [2.05, 4.69) is 21.2 Å². The van der Waals surface area contributed by atoms with Crippen LogP contribution in [0.5, 0.6) is 11.5 Å². The number of anilines is 1. The molecule has 1 heterocycles. The van der Waals surface area contributed by atoms with E-state index in [1.165, 1.54) is 7.11 Å². The lowest BCUT2D eigenvalue weighted by Crippen LogP contribution is -2.36. The van der Waals surface area contributed by atoms with Crippen molar-refractivity contribution in [2.45, 2.75) is 13.8 Å². The van der Waals surface area contributed by atoms with Crippen molar-refractivity contribution in [2.75, 3.05) is 25.6 Å². The van der Waals surface area contributed by atoms with E-state index >= 15 is 0 Å². The number of nitrogens with zero attached hydrogens (tertiary/aromatic N) is 1. The Kier molecular flexibility index (Phi) is 7.40. The first-order valence-corrected chi connectivity index (χ1v) is 11.1. The number of imide groups is 1. The van der Waals surface area contributed by atoms with Gasteiger partial charge in [-0.3, -0.25) is 19.3 Å². The van der Waals surface area contributed by atoms with Gasteiger partial charge in [0.05, 0.1) is 23.1 Å². The average Bonchev–Trinajstić information content (AvgIpc) is 2.97. The van der Waals surface area contributed by atoms with Crippen LogP contribution in [0.15, 0.2) is 45.8 Å². The van der Waals surface area contributed by atoms with E-state index in [0.717, 1.165) is 22.2 Å². The Hall–Kier alpha value is -2.78. The molecule has 0 aromatic heterocycles. The van der Waals surface area contributed by atoms with Crippen molar-refractivity contribution in [1.82, 2.24) is 4.90 Å². The van der Waals surface area contributed by atoms with Gasteiger partial charge in [0.15, 0.2) is 11.5 Å². The topological polar surface area (TPSA) is 84.9 Å². The number of halogens is 1. The number of thioether (sulfide) groups is 1. The largest absolute Gasteiger partial charge is 0.493 e. The summed E-state index contributed by atoms with van der Waals surface area (Å²) in [6.07, 6.45) is 1.59. The molecule has 1 aliphatic rings. The number of hydrogen-bond donors (Lipinski definition) is 1. The highest BCUT2D eigenvalue weighted by Crippen LogP contribution is 2.39. The maximum Gasteiger partial charge on any atom is 0.294 e. The van der Waals surface area contributed by atoms with Crippen molar-refractivity contribution in [1.29, 1.82) is 0 Å². The predicted molar refractivity (Wildman–Crippen MR) is 124 cm³/mol. The Morgan fingerprint density at radius 3 is 2.71 bits per heavy atom. The maximum absolute atomic E-state index is 12.7. The zero-order chi connectivity index (χ0) is 22.5. The van der Waals surface area contributed by atoms with Crippen LogP contribution in [0.25, 0.3) is 6.08 Å². The fraction of sp³-hybridized carbons (Fsp3) is 0.227. The second-order valence-corrected chi connectivity index (χ2v) is 8.50. The molecule has 0 aliphatic carbocycles. The quantitative estimate of drug-likeness (QED) is 0.543. The number of amides is 3. The summed E-state index contributed by atoms with van der Waals surface area (Å²) < 4.78 is 11.6. The van der Waals surface area contributed by atoms with Gasteiger partial charge in [-0.05, 0) is 83.0 Å². The highest BCUT2D eigenvalue weighted by atomic mass is 79.9. The molecule has 0 bridgehead atoms. The zero-order valence-corrected chi connectivity index (χ0v) is 19.6. The molecule has 0 spiro atoms. The van der Waals surface area contributed by atoms with Crippen LogP contribution in [0.2, 0.25) is 0 Å². The van der Waals surface area contributed by atoms with Crippen molar-refractivity contribution in [3.05, 3.63) is 56.9 Å². The molecule has 1 N–H and O–H groups in total. The van der Waals surface area contributed by atoms with Crippen LogP contribution < -0.4 is 14.8 Å². The van der Waals surface area contributed by atoms with Crippen LogP contribution >= 0.6 is 27.7 Å². The van der Waals surface area contributed by atoms with Crippen LogP contribution in [-0.2, 0) is 9.59 Å². The Morgan fingerprint density at radius 2 is 2.03 bits per heavy atom. The normalized spacial score (nSPS) is 14.8. The summed E-state index contributed by atoms with van der Waals surface area (Å²) >= 11 is 4.23. The lowest BCUT2D eigenvalue weighted by molar-refractivity contribution is -0.127. The zero-order valence-electron chi connectivity index (χ0n) is 17.2. The van der Waals surface area contributed by atoms with Gasteiger partial charge in [-0.25, -0.2) is 0 Å². The average molecular weight is 505 g/mol. The number of carbonyl (C=O) groups is 3. The summed E-state index contributed by atoms with van der Waals surface area (Å²) in [6, 6.07) is 10.8. The monoisotopic (exact) mass is 504 g/mol. The Bertz CT molecular complexity index is 1070. The summed E-state index contributed by atoms with van der Waals surface area (Å²) in [6.45, 7) is 3.89. The molecule has 0 radical (unpaired) electrons. The van der Waals surface area contributed by atoms with Gasteiger partial charge in [0.2, 0.25) is 5.91 Å². The van der Waals surface area contributed by atoms with Crippen molar-refractivity contribution < 1.29 is 23.9 Å². The molecule has 2 aromatic rings. The van der Waals surface area contributed by atoms with Gasteiger partial charge >= 0.3 is 0 Å². The standard InChI is InChI=1S/C22H21BrN2O5S/c1-4-30-20-16(23)9-14(10-17(20)29-3)11-18-21(27)25(22(28)31-18)12-19(26)24-15-7-5-6-13(2)8-15/h5-11H,4,12H2,1-3H3,(H,24,26)/b18-11-. The van der Waals surface area contributed by atoms with E-state index in [1.54, 1.807) is 24.3 Å². The van der Waals surface area contributed by atoms with Gasteiger partial charge in [0.1, 0.15) is 6.54 Å². The Morgan fingerprint density at radius 1 is 1.26 bits per heavy atom. The summed E-state index contributed by atoms with van der Waals surface area (Å²) in [5.74, 6) is 0.0975. The molecule has 162 valence electrons. The maximum atomic E-state index is 12.7. The predicted octanol–water partition coefficient (Wildman–Crippen LogP) is 4.84. The second kappa shape index (κ2) is 10.0. The lowest BCUT2D eigenvalue weighted by atomic mass is 10.2. The van der Waals surface area contributed by atoms with Crippen LogP contribution in [-0.4, -0.2) is 42.2 Å². The van der Waals surface area contributed by atoms with Crippen LogP contribution in [0.1, 0.15) is 18.1 Å².